The average molecular weight is 299 g/mol. The second-order valence-corrected chi connectivity index (χ2v) is 5.44. The van der Waals surface area contributed by atoms with Gasteiger partial charge in [0.15, 0.2) is 11.6 Å². The Labute approximate surface area is 119 Å². The first-order valence-electron chi connectivity index (χ1n) is 5.61. The Morgan fingerprint density at radius 1 is 1.21 bits per heavy atom. The van der Waals surface area contributed by atoms with Crippen molar-refractivity contribution in [2.75, 3.05) is 5.75 Å². The summed E-state index contributed by atoms with van der Waals surface area (Å²) in [7, 11) is 0. The molecule has 0 fully saturated rings. The van der Waals surface area contributed by atoms with Crippen molar-refractivity contribution in [1.82, 2.24) is 0 Å². The average Bonchev–Trinajstić information content (AvgIpc) is 2.40. The number of thioether (sulfide) groups is 1. The minimum Gasteiger partial charge on any atom is -0.505 e. The molecule has 0 radical (unpaired) electrons. The number of rotatable bonds is 4. The summed E-state index contributed by atoms with van der Waals surface area (Å²) < 4.78 is 13.2. The molecule has 2 aromatic rings. The normalized spacial score (nSPS) is 12.4. The van der Waals surface area contributed by atoms with E-state index in [9.17, 15) is 9.50 Å². The number of halogens is 2. The summed E-state index contributed by atoms with van der Waals surface area (Å²) >= 11 is 7.40. The van der Waals surface area contributed by atoms with E-state index in [1.807, 2.05) is 18.2 Å². The first-order valence-corrected chi connectivity index (χ1v) is 6.98. The van der Waals surface area contributed by atoms with Crippen molar-refractivity contribution in [3.8, 4) is 5.75 Å². The Hall–Kier alpha value is -1.23. The van der Waals surface area contributed by atoms with Crippen LogP contribution in [0.1, 0.15) is 11.7 Å². The molecule has 2 aromatic carbocycles. The molecule has 100 valence electrons. The third kappa shape index (κ3) is 3.62. The number of hydrogen-bond donors (Lipinski definition) is 2. The molecule has 0 saturated carbocycles. The molecule has 1 atom stereocenters. The van der Waals surface area contributed by atoms with E-state index in [2.05, 4.69) is 0 Å². The summed E-state index contributed by atoms with van der Waals surface area (Å²) in [6, 6.07) is 11.2. The standard InChI is InChI=1S/C14H12ClFO2S/c15-10-3-1-2-4-14(10)19-8-13(18)9-5-6-12(17)11(16)7-9/h1-7,13,17-18H,8H2. The fourth-order valence-electron chi connectivity index (χ4n) is 1.56. The van der Waals surface area contributed by atoms with E-state index in [4.69, 9.17) is 16.7 Å². The first kappa shape index (κ1) is 14.2. The van der Waals surface area contributed by atoms with Gasteiger partial charge in [0.05, 0.1) is 11.1 Å². The van der Waals surface area contributed by atoms with Crippen LogP contribution in [-0.2, 0) is 0 Å². The summed E-state index contributed by atoms with van der Waals surface area (Å²) in [4.78, 5) is 0.863. The van der Waals surface area contributed by atoms with Crippen molar-refractivity contribution in [3.63, 3.8) is 0 Å². The van der Waals surface area contributed by atoms with Gasteiger partial charge in [-0.25, -0.2) is 4.39 Å². The molecule has 0 bridgehead atoms. The maximum atomic E-state index is 13.2. The molecule has 19 heavy (non-hydrogen) atoms. The maximum Gasteiger partial charge on any atom is 0.165 e. The van der Waals surface area contributed by atoms with Crippen LogP contribution in [0.5, 0.6) is 5.75 Å². The van der Waals surface area contributed by atoms with Gasteiger partial charge >= 0.3 is 0 Å². The van der Waals surface area contributed by atoms with Crippen molar-refractivity contribution in [1.29, 1.82) is 0 Å². The van der Waals surface area contributed by atoms with Crippen LogP contribution >= 0.6 is 23.4 Å². The summed E-state index contributed by atoms with van der Waals surface area (Å²) in [6.45, 7) is 0. The van der Waals surface area contributed by atoms with Gasteiger partial charge in [-0.1, -0.05) is 29.8 Å². The second kappa shape index (κ2) is 6.28. The van der Waals surface area contributed by atoms with Crippen LogP contribution in [0.2, 0.25) is 5.02 Å². The molecule has 0 saturated heterocycles. The van der Waals surface area contributed by atoms with Crippen LogP contribution < -0.4 is 0 Å². The van der Waals surface area contributed by atoms with Gasteiger partial charge in [0.25, 0.3) is 0 Å². The van der Waals surface area contributed by atoms with E-state index < -0.39 is 17.7 Å². The maximum absolute atomic E-state index is 13.2. The number of phenols is 1. The van der Waals surface area contributed by atoms with Crippen molar-refractivity contribution >= 4 is 23.4 Å². The van der Waals surface area contributed by atoms with Gasteiger partial charge in [0, 0.05) is 10.6 Å². The molecule has 0 amide bonds. The molecule has 0 aliphatic heterocycles. The minimum absolute atomic E-state index is 0.355. The molecule has 2 rings (SSSR count). The van der Waals surface area contributed by atoms with Crippen LogP contribution in [0.25, 0.3) is 0 Å². The van der Waals surface area contributed by atoms with Crippen LogP contribution in [0.3, 0.4) is 0 Å². The zero-order valence-corrected chi connectivity index (χ0v) is 11.5. The number of benzene rings is 2. The summed E-state index contributed by atoms with van der Waals surface area (Å²) in [5.41, 5.74) is 0.426. The third-order valence-electron chi connectivity index (χ3n) is 2.59. The van der Waals surface area contributed by atoms with Gasteiger partial charge in [0.2, 0.25) is 0 Å². The van der Waals surface area contributed by atoms with Gasteiger partial charge in [-0.3, -0.25) is 0 Å². The molecule has 0 spiro atoms. The quantitative estimate of drug-likeness (QED) is 0.838. The van der Waals surface area contributed by atoms with Gasteiger partial charge in [-0.2, -0.15) is 0 Å². The Bertz CT molecular complexity index is 577. The van der Waals surface area contributed by atoms with Crippen LogP contribution in [0.15, 0.2) is 47.4 Å². The molecule has 0 aromatic heterocycles. The van der Waals surface area contributed by atoms with Crippen molar-refractivity contribution in [3.05, 3.63) is 58.9 Å². The lowest BCUT2D eigenvalue weighted by molar-refractivity contribution is 0.203. The van der Waals surface area contributed by atoms with Crippen LogP contribution in [0, 0.1) is 5.82 Å². The topological polar surface area (TPSA) is 40.5 Å². The van der Waals surface area contributed by atoms with E-state index in [1.54, 1.807) is 6.07 Å². The number of phenolic OH excluding ortho intramolecular Hbond substituents is 1. The highest BCUT2D eigenvalue weighted by Crippen LogP contribution is 2.30. The Balaban J connectivity index is 2.03. The summed E-state index contributed by atoms with van der Waals surface area (Å²) in [5, 5.41) is 19.7. The molecule has 0 aliphatic carbocycles. The van der Waals surface area contributed by atoms with Crippen molar-refractivity contribution in [2.45, 2.75) is 11.0 Å². The Morgan fingerprint density at radius 3 is 2.63 bits per heavy atom. The largest absolute Gasteiger partial charge is 0.505 e. The number of aliphatic hydroxyl groups is 1. The van der Waals surface area contributed by atoms with E-state index in [0.29, 0.717) is 16.3 Å². The lowest BCUT2D eigenvalue weighted by Gasteiger charge is -2.11. The van der Waals surface area contributed by atoms with Crippen LogP contribution in [0.4, 0.5) is 4.39 Å². The zero-order valence-electron chi connectivity index (χ0n) is 9.88. The monoisotopic (exact) mass is 298 g/mol. The van der Waals surface area contributed by atoms with Gasteiger partial charge in [-0.15, -0.1) is 11.8 Å². The Kier molecular flexibility index (Phi) is 4.69. The molecule has 0 heterocycles. The smallest absolute Gasteiger partial charge is 0.165 e. The lowest BCUT2D eigenvalue weighted by atomic mass is 10.1. The number of aliphatic hydroxyl groups excluding tert-OH is 1. The molecule has 2 N–H and O–H groups in total. The predicted molar refractivity (Wildman–Crippen MR) is 75.2 cm³/mol. The molecule has 1 unspecified atom stereocenters. The molecule has 0 aliphatic rings. The van der Waals surface area contributed by atoms with Gasteiger partial charge in [0.1, 0.15) is 0 Å². The summed E-state index contributed by atoms with van der Waals surface area (Å²) in [5.74, 6) is -0.803. The first-order chi connectivity index (χ1) is 9.08. The number of aromatic hydroxyl groups is 1. The highest BCUT2D eigenvalue weighted by Gasteiger charge is 2.12. The lowest BCUT2D eigenvalue weighted by Crippen LogP contribution is -2.01. The van der Waals surface area contributed by atoms with Crippen molar-refractivity contribution in [2.24, 2.45) is 0 Å². The van der Waals surface area contributed by atoms with Gasteiger partial charge in [-0.05, 0) is 29.8 Å². The zero-order chi connectivity index (χ0) is 13.8. The summed E-state index contributed by atoms with van der Waals surface area (Å²) in [6.07, 6.45) is -0.823. The van der Waals surface area contributed by atoms with E-state index in [1.165, 1.54) is 23.9 Å². The minimum atomic E-state index is -0.823. The highest BCUT2D eigenvalue weighted by atomic mass is 35.5. The molecular weight excluding hydrogens is 287 g/mol. The van der Waals surface area contributed by atoms with Crippen molar-refractivity contribution < 1.29 is 14.6 Å². The third-order valence-corrected chi connectivity index (χ3v) is 4.18. The fraction of sp³-hybridized carbons (Fsp3) is 0.143. The van der Waals surface area contributed by atoms with E-state index in [0.717, 1.165) is 11.0 Å². The second-order valence-electron chi connectivity index (χ2n) is 3.97. The molecule has 2 nitrogen and oxygen atoms in total. The van der Waals surface area contributed by atoms with Gasteiger partial charge < -0.3 is 10.2 Å². The van der Waals surface area contributed by atoms with E-state index >= 15 is 0 Å². The van der Waals surface area contributed by atoms with Crippen LogP contribution in [-0.4, -0.2) is 16.0 Å². The molecular formula is C14H12ClFO2S. The fourth-order valence-corrected chi connectivity index (χ4v) is 2.77. The SMILES string of the molecule is Oc1ccc(C(O)CSc2ccccc2Cl)cc1F. The predicted octanol–water partition coefficient (Wildman–Crippen LogP) is 4.01. The molecule has 5 heteroatoms. The highest BCUT2D eigenvalue weighted by molar-refractivity contribution is 7.99. The Morgan fingerprint density at radius 2 is 1.95 bits per heavy atom. The number of hydrogen-bond acceptors (Lipinski definition) is 3. The van der Waals surface area contributed by atoms with E-state index in [-0.39, 0.29) is 0 Å².